The minimum absolute atomic E-state index is 0.0240. The van der Waals surface area contributed by atoms with E-state index in [1.54, 1.807) is 4.31 Å². The first-order valence-electron chi connectivity index (χ1n) is 7.90. The predicted octanol–water partition coefficient (Wildman–Crippen LogP) is 1.37. The molecule has 2 aliphatic rings. The number of morpholine rings is 1. The number of hydrogen-bond acceptors (Lipinski definition) is 4. The molecule has 0 aromatic heterocycles. The Kier molecular flexibility index (Phi) is 4.73. The molecule has 2 fully saturated rings. The van der Waals surface area contributed by atoms with Gasteiger partial charge in [0.15, 0.2) is 0 Å². The molecule has 3 rings (SSSR count). The van der Waals surface area contributed by atoms with Crippen molar-refractivity contribution in [3.63, 3.8) is 0 Å². The number of benzene rings is 1. The summed E-state index contributed by atoms with van der Waals surface area (Å²) in [6.07, 6.45) is 2.05. The van der Waals surface area contributed by atoms with E-state index in [4.69, 9.17) is 4.74 Å². The Morgan fingerprint density at radius 1 is 1.35 bits per heavy atom. The molecule has 0 aliphatic carbocycles. The molecule has 2 atom stereocenters. The van der Waals surface area contributed by atoms with Gasteiger partial charge in [-0.25, -0.2) is 12.8 Å². The lowest BCUT2D eigenvalue weighted by atomic mass is 9.99. The number of sulfonamides is 1. The summed E-state index contributed by atoms with van der Waals surface area (Å²) in [5.41, 5.74) is 2.00. The molecule has 0 bridgehead atoms. The van der Waals surface area contributed by atoms with Gasteiger partial charge < -0.3 is 4.74 Å². The molecular weight excluding hydrogens is 319 g/mol. The molecule has 7 heteroatoms. The van der Waals surface area contributed by atoms with Crippen LogP contribution in [0.15, 0.2) is 18.2 Å². The highest BCUT2D eigenvalue weighted by Crippen LogP contribution is 2.26. The predicted molar refractivity (Wildman–Crippen MR) is 86.1 cm³/mol. The molecule has 0 saturated carbocycles. The summed E-state index contributed by atoms with van der Waals surface area (Å²) in [6.45, 7) is 4.99. The monoisotopic (exact) mass is 342 g/mol. The van der Waals surface area contributed by atoms with Crippen LogP contribution in [0.25, 0.3) is 0 Å². The maximum absolute atomic E-state index is 13.2. The van der Waals surface area contributed by atoms with Crippen LogP contribution in [-0.4, -0.2) is 62.3 Å². The summed E-state index contributed by atoms with van der Waals surface area (Å²) >= 11 is 0. The number of likely N-dealkylation sites (tertiary alicyclic amines) is 1. The molecule has 0 radical (unpaired) electrons. The minimum Gasteiger partial charge on any atom is -0.375 e. The molecule has 1 aromatic carbocycles. The highest BCUT2D eigenvalue weighted by Gasteiger charge is 2.40. The molecule has 23 heavy (non-hydrogen) atoms. The van der Waals surface area contributed by atoms with Crippen molar-refractivity contribution in [3.05, 3.63) is 35.1 Å². The average molecular weight is 342 g/mol. The van der Waals surface area contributed by atoms with E-state index in [-0.39, 0.29) is 18.0 Å². The smallest absolute Gasteiger partial charge is 0.211 e. The summed E-state index contributed by atoms with van der Waals surface area (Å²) < 4.78 is 44.6. The third-order valence-electron chi connectivity index (χ3n) is 4.74. The SMILES string of the molecule is Cc1cc(F)ccc1CN1CC[C@H]2OCCN(S(C)(=O)=O)[C@@H]2C1. The molecule has 0 unspecified atom stereocenters. The Bertz CT molecular complexity index is 680. The van der Waals surface area contributed by atoms with Gasteiger partial charge in [0.05, 0.1) is 25.0 Å². The van der Waals surface area contributed by atoms with Crippen LogP contribution in [0, 0.1) is 12.7 Å². The van der Waals surface area contributed by atoms with Crippen molar-refractivity contribution in [2.24, 2.45) is 0 Å². The van der Waals surface area contributed by atoms with Crippen LogP contribution < -0.4 is 0 Å². The van der Waals surface area contributed by atoms with Crippen molar-refractivity contribution in [1.29, 1.82) is 0 Å². The number of fused-ring (bicyclic) bond motifs is 1. The van der Waals surface area contributed by atoms with Gasteiger partial charge in [0.25, 0.3) is 0 Å². The molecule has 2 aliphatic heterocycles. The Morgan fingerprint density at radius 2 is 2.13 bits per heavy atom. The van der Waals surface area contributed by atoms with Crippen molar-refractivity contribution in [1.82, 2.24) is 9.21 Å². The van der Waals surface area contributed by atoms with E-state index in [9.17, 15) is 12.8 Å². The van der Waals surface area contributed by atoms with Gasteiger partial charge in [0.1, 0.15) is 5.82 Å². The largest absolute Gasteiger partial charge is 0.375 e. The lowest BCUT2D eigenvalue weighted by molar-refractivity contribution is -0.0768. The van der Waals surface area contributed by atoms with Crippen LogP contribution in [0.2, 0.25) is 0 Å². The summed E-state index contributed by atoms with van der Waals surface area (Å²) in [6, 6.07) is 4.69. The van der Waals surface area contributed by atoms with Crippen molar-refractivity contribution in [2.75, 3.05) is 32.5 Å². The lowest BCUT2D eigenvalue weighted by Crippen LogP contribution is -2.60. The lowest BCUT2D eigenvalue weighted by Gasteiger charge is -2.46. The molecular formula is C16H23FN2O3S. The first kappa shape index (κ1) is 16.8. The fraction of sp³-hybridized carbons (Fsp3) is 0.625. The third-order valence-corrected chi connectivity index (χ3v) is 6.05. The van der Waals surface area contributed by atoms with Gasteiger partial charge in [0, 0.05) is 26.2 Å². The maximum atomic E-state index is 13.2. The number of halogens is 1. The fourth-order valence-corrected chi connectivity index (χ4v) is 4.64. The van der Waals surface area contributed by atoms with Crippen LogP contribution in [0.3, 0.4) is 0 Å². The first-order chi connectivity index (χ1) is 10.8. The Labute approximate surface area is 137 Å². The number of hydrogen-bond donors (Lipinski definition) is 0. The normalized spacial score (nSPS) is 26.9. The van der Waals surface area contributed by atoms with Crippen LogP contribution in [0.5, 0.6) is 0 Å². The van der Waals surface area contributed by atoms with Gasteiger partial charge in [0.2, 0.25) is 10.0 Å². The van der Waals surface area contributed by atoms with Gasteiger partial charge in [-0.3, -0.25) is 4.90 Å². The molecule has 128 valence electrons. The summed E-state index contributed by atoms with van der Waals surface area (Å²) in [4.78, 5) is 2.23. The highest BCUT2D eigenvalue weighted by atomic mass is 32.2. The van der Waals surface area contributed by atoms with Crippen molar-refractivity contribution >= 4 is 10.0 Å². The van der Waals surface area contributed by atoms with E-state index >= 15 is 0 Å². The second-order valence-corrected chi connectivity index (χ2v) is 8.38. The first-order valence-corrected chi connectivity index (χ1v) is 9.75. The van der Waals surface area contributed by atoms with Gasteiger partial charge in [-0.2, -0.15) is 4.31 Å². The molecule has 2 saturated heterocycles. The van der Waals surface area contributed by atoms with Crippen LogP contribution in [-0.2, 0) is 21.3 Å². The van der Waals surface area contributed by atoms with Gasteiger partial charge in [-0.1, -0.05) is 6.07 Å². The van der Waals surface area contributed by atoms with Crippen LogP contribution in [0.4, 0.5) is 4.39 Å². The van der Waals surface area contributed by atoms with Crippen molar-refractivity contribution in [2.45, 2.75) is 32.0 Å². The van der Waals surface area contributed by atoms with Crippen molar-refractivity contribution in [3.8, 4) is 0 Å². The summed E-state index contributed by atoms with van der Waals surface area (Å²) in [7, 11) is -3.23. The summed E-state index contributed by atoms with van der Waals surface area (Å²) in [5, 5.41) is 0. The van der Waals surface area contributed by atoms with Crippen LogP contribution in [0.1, 0.15) is 17.5 Å². The molecule has 0 amide bonds. The Morgan fingerprint density at radius 3 is 2.83 bits per heavy atom. The van der Waals surface area contributed by atoms with Gasteiger partial charge >= 0.3 is 0 Å². The van der Waals surface area contributed by atoms with E-state index in [2.05, 4.69) is 4.90 Å². The van der Waals surface area contributed by atoms with Crippen LogP contribution >= 0.6 is 0 Å². The standard InChI is InChI=1S/C16H23FN2O3S/c1-12-9-14(17)4-3-13(12)10-18-6-5-16-15(11-18)19(7-8-22-16)23(2,20)21/h3-4,9,15-16H,5-8,10-11H2,1-2H3/t15-,16-/m1/s1. The number of ether oxygens (including phenoxy) is 1. The second-order valence-electron chi connectivity index (χ2n) is 6.44. The average Bonchev–Trinajstić information content (AvgIpc) is 2.48. The van der Waals surface area contributed by atoms with E-state index in [1.165, 1.54) is 18.4 Å². The van der Waals surface area contributed by atoms with E-state index in [1.807, 2.05) is 13.0 Å². The third kappa shape index (κ3) is 3.74. The van der Waals surface area contributed by atoms with Gasteiger partial charge in [-0.05, 0) is 36.6 Å². The second kappa shape index (κ2) is 6.47. The number of rotatable bonds is 3. The highest BCUT2D eigenvalue weighted by molar-refractivity contribution is 7.88. The number of nitrogens with zero attached hydrogens (tertiary/aromatic N) is 2. The number of aryl methyl sites for hydroxylation is 1. The molecule has 5 nitrogen and oxygen atoms in total. The quantitative estimate of drug-likeness (QED) is 0.832. The van der Waals surface area contributed by atoms with E-state index in [0.717, 1.165) is 24.1 Å². The fourth-order valence-electron chi connectivity index (χ4n) is 3.54. The molecule has 0 N–H and O–H groups in total. The number of piperidine rings is 1. The zero-order valence-corrected chi connectivity index (χ0v) is 14.4. The zero-order valence-electron chi connectivity index (χ0n) is 13.5. The van der Waals surface area contributed by atoms with E-state index in [0.29, 0.717) is 26.2 Å². The summed E-state index contributed by atoms with van der Waals surface area (Å²) in [5.74, 6) is -0.228. The molecule has 1 aromatic rings. The Balaban J connectivity index is 1.74. The minimum atomic E-state index is -3.23. The molecule has 0 spiro atoms. The van der Waals surface area contributed by atoms with E-state index < -0.39 is 10.0 Å². The maximum Gasteiger partial charge on any atom is 0.211 e. The molecule has 2 heterocycles. The topological polar surface area (TPSA) is 49.9 Å². The zero-order chi connectivity index (χ0) is 16.6. The van der Waals surface area contributed by atoms with Crippen molar-refractivity contribution < 1.29 is 17.5 Å². The van der Waals surface area contributed by atoms with Gasteiger partial charge in [-0.15, -0.1) is 0 Å². The Hall–Kier alpha value is -1.02.